The molecule has 0 aromatic carbocycles. The third kappa shape index (κ3) is 5.28. The van der Waals surface area contributed by atoms with Crippen LogP contribution in [0, 0.1) is 0 Å². The van der Waals surface area contributed by atoms with E-state index in [2.05, 4.69) is 17.6 Å². The molecular weight excluding hydrogens is 212 g/mol. The lowest BCUT2D eigenvalue weighted by atomic mass is 10.1. The van der Waals surface area contributed by atoms with Crippen LogP contribution in [0.25, 0.3) is 0 Å². The van der Waals surface area contributed by atoms with E-state index in [0.29, 0.717) is 6.54 Å². The van der Waals surface area contributed by atoms with Crippen LogP contribution in [0.3, 0.4) is 0 Å². The number of amides is 1. The van der Waals surface area contributed by atoms with Gasteiger partial charge in [-0.2, -0.15) is 0 Å². The van der Waals surface area contributed by atoms with Gasteiger partial charge in [0.25, 0.3) is 0 Å². The molecule has 0 aromatic heterocycles. The molecule has 1 saturated heterocycles. The third-order valence-corrected chi connectivity index (χ3v) is 3.85. The molecule has 0 aliphatic carbocycles. The van der Waals surface area contributed by atoms with Crippen LogP contribution in [0.5, 0.6) is 0 Å². The van der Waals surface area contributed by atoms with Crippen LogP contribution in [0.1, 0.15) is 26.2 Å². The first-order valence-corrected chi connectivity index (χ1v) is 7.06. The minimum absolute atomic E-state index is 0.0566. The molecule has 1 amide bonds. The molecule has 0 saturated carbocycles. The van der Waals surface area contributed by atoms with E-state index in [4.69, 9.17) is 0 Å². The third-order valence-electron chi connectivity index (χ3n) is 2.47. The molecule has 1 fully saturated rings. The van der Waals surface area contributed by atoms with Gasteiger partial charge in [0.15, 0.2) is 0 Å². The lowest BCUT2D eigenvalue weighted by Gasteiger charge is -2.22. The van der Waals surface area contributed by atoms with Gasteiger partial charge >= 0.3 is 0 Å². The summed E-state index contributed by atoms with van der Waals surface area (Å²) < 4.78 is 11.1. The summed E-state index contributed by atoms with van der Waals surface area (Å²) in [5.74, 6) is 1.52. The zero-order valence-electron chi connectivity index (χ0n) is 9.25. The van der Waals surface area contributed by atoms with Gasteiger partial charge in [-0.1, -0.05) is 6.92 Å². The van der Waals surface area contributed by atoms with E-state index in [0.717, 1.165) is 37.3 Å². The van der Waals surface area contributed by atoms with E-state index in [1.807, 2.05) is 0 Å². The van der Waals surface area contributed by atoms with Gasteiger partial charge in [0, 0.05) is 28.3 Å². The van der Waals surface area contributed by atoms with Crippen molar-refractivity contribution in [3.05, 3.63) is 0 Å². The number of carbonyl (C=O) groups excluding carboxylic acids is 1. The second-order valence-electron chi connectivity index (χ2n) is 3.87. The Morgan fingerprint density at radius 2 is 2.07 bits per heavy atom. The van der Waals surface area contributed by atoms with Crippen LogP contribution in [0.2, 0.25) is 0 Å². The highest BCUT2D eigenvalue weighted by atomic mass is 32.2. The van der Waals surface area contributed by atoms with Crippen LogP contribution >= 0.6 is 0 Å². The van der Waals surface area contributed by atoms with Crippen molar-refractivity contribution >= 4 is 16.7 Å². The molecule has 1 aliphatic rings. The highest BCUT2D eigenvalue weighted by molar-refractivity contribution is 7.85. The van der Waals surface area contributed by atoms with Gasteiger partial charge in [0.2, 0.25) is 5.91 Å². The first-order valence-electron chi connectivity index (χ1n) is 5.57. The number of rotatable bonds is 5. The maximum atomic E-state index is 11.4. The largest absolute Gasteiger partial charge is 0.352 e. The Hall–Kier alpha value is -0.420. The SMILES string of the molecule is CCCNCC(=O)NC1CCS(=O)CC1. The van der Waals surface area contributed by atoms with E-state index >= 15 is 0 Å². The quantitative estimate of drug-likeness (QED) is 0.657. The molecule has 0 atom stereocenters. The smallest absolute Gasteiger partial charge is 0.234 e. The molecule has 15 heavy (non-hydrogen) atoms. The molecule has 1 rings (SSSR count). The Labute approximate surface area is 93.7 Å². The number of carbonyl (C=O) groups is 1. The number of hydrogen-bond donors (Lipinski definition) is 2. The molecule has 5 heteroatoms. The van der Waals surface area contributed by atoms with Crippen LogP contribution in [-0.4, -0.2) is 40.8 Å². The van der Waals surface area contributed by atoms with E-state index in [1.165, 1.54) is 0 Å². The fraction of sp³-hybridized carbons (Fsp3) is 0.900. The van der Waals surface area contributed by atoms with Crippen LogP contribution in [-0.2, 0) is 15.6 Å². The molecular formula is C10H20N2O2S. The first-order chi connectivity index (χ1) is 7.22. The van der Waals surface area contributed by atoms with E-state index < -0.39 is 10.8 Å². The van der Waals surface area contributed by atoms with Crippen molar-refractivity contribution in [2.45, 2.75) is 32.2 Å². The summed E-state index contributed by atoms with van der Waals surface area (Å²) in [6.45, 7) is 3.34. The summed E-state index contributed by atoms with van der Waals surface area (Å²) in [6, 6.07) is 0.235. The van der Waals surface area contributed by atoms with Crippen LogP contribution in [0.15, 0.2) is 0 Å². The highest BCUT2D eigenvalue weighted by Gasteiger charge is 2.18. The Kier molecular flexibility index (Phi) is 5.86. The van der Waals surface area contributed by atoms with Crippen molar-refractivity contribution in [1.29, 1.82) is 0 Å². The average Bonchev–Trinajstić information content (AvgIpc) is 2.22. The molecule has 0 bridgehead atoms. The van der Waals surface area contributed by atoms with Gasteiger partial charge in [0.05, 0.1) is 6.54 Å². The summed E-state index contributed by atoms with van der Waals surface area (Å²) >= 11 is 0. The van der Waals surface area contributed by atoms with E-state index in [1.54, 1.807) is 0 Å². The summed E-state index contributed by atoms with van der Waals surface area (Å²) in [5.41, 5.74) is 0. The van der Waals surface area contributed by atoms with E-state index in [-0.39, 0.29) is 11.9 Å². The molecule has 0 spiro atoms. The van der Waals surface area contributed by atoms with Gasteiger partial charge in [-0.3, -0.25) is 9.00 Å². The van der Waals surface area contributed by atoms with Crippen molar-refractivity contribution in [1.82, 2.24) is 10.6 Å². The van der Waals surface area contributed by atoms with Crippen LogP contribution < -0.4 is 10.6 Å². The molecule has 0 radical (unpaired) electrons. The average molecular weight is 232 g/mol. The standard InChI is InChI=1S/C10H20N2O2S/c1-2-5-11-8-10(13)12-9-3-6-15(14)7-4-9/h9,11H,2-8H2,1H3,(H,12,13). The van der Waals surface area contributed by atoms with Gasteiger partial charge in [-0.25, -0.2) is 0 Å². The zero-order valence-corrected chi connectivity index (χ0v) is 10.1. The fourth-order valence-electron chi connectivity index (χ4n) is 1.60. The van der Waals surface area contributed by atoms with Crippen molar-refractivity contribution in [3.63, 3.8) is 0 Å². The minimum atomic E-state index is -0.649. The summed E-state index contributed by atoms with van der Waals surface area (Å²) in [5, 5.41) is 6.02. The van der Waals surface area contributed by atoms with Gasteiger partial charge in [0.1, 0.15) is 0 Å². The highest BCUT2D eigenvalue weighted by Crippen LogP contribution is 2.08. The Bertz CT molecular complexity index is 223. The maximum Gasteiger partial charge on any atom is 0.234 e. The molecule has 4 nitrogen and oxygen atoms in total. The first kappa shape index (κ1) is 12.6. The van der Waals surface area contributed by atoms with Crippen molar-refractivity contribution < 1.29 is 9.00 Å². The Balaban J connectivity index is 2.12. The summed E-state index contributed by atoms with van der Waals surface area (Å²) in [7, 11) is -0.649. The fourth-order valence-corrected chi connectivity index (χ4v) is 2.89. The number of hydrogen-bond acceptors (Lipinski definition) is 3. The monoisotopic (exact) mass is 232 g/mol. The number of nitrogens with one attached hydrogen (secondary N) is 2. The normalized spacial score (nSPS) is 26.2. The van der Waals surface area contributed by atoms with Gasteiger partial charge < -0.3 is 10.6 Å². The summed E-state index contributed by atoms with van der Waals surface area (Å²) in [4.78, 5) is 11.4. The van der Waals surface area contributed by atoms with Crippen LogP contribution in [0.4, 0.5) is 0 Å². The predicted molar refractivity (Wildman–Crippen MR) is 62.2 cm³/mol. The lowest BCUT2D eigenvalue weighted by Crippen LogP contribution is -2.43. The molecule has 2 N–H and O–H groups in total. The summed E-state index contributed by atoms with van der Waals surface area (Å²) in [6.07, 6.45) is 2.74. The van der Waals surface area contributed by atoms with Crippen molar-refractivity contribution in [3.8, 4) is 0 Å². The van der Waals surface area contributed by atoms with Gasteiger partial charge in [-0.15, -0.1) is 0 Å². The minimum Gasteiger partial charge on any atom is -0.352 e. The maximum absolute atomic E-state index is 11.4. The zero-order chi connectivity index (χ0) is 11.1. The van der Waals surface area contributed by atoms with Crippen molar-refractivity contribution in [2.75, 3.05) is 24.6 Å². The predicted octanol–water partition coefficient (Wildman–Crippen LogP) is 0.0133. The van der Waals surface area contributed by atoms with E-state index in [9.17, 15) is 9.00 Å². The molecule has 0 aromatic rings. The molecule has 88 valence electrons. The Morgan fingerprint density at radius 1 is 1.40 bits per heavy atom. The molecule has 1 heterocycles. The Morgan fingerprint density at radius 3 is 2.67 bits per heavy atom. The molecule has 1 aliphatic heterocycles. The second kappa shape index (κ2) is 6.95. The topological polar surface area (TPSA) is 58.2 Å². The lowest BCUT2D eigenvalue weighted by molar-refractivity contribution is -0.121. The van der Waals surface area contributed by atoms with Gasteiger partial charge in [-0.05, 0) is 25.8 Å². The second-order valence-corrected chi connectivity index (χ2v) is 5.56. The molecule has 0 unspecified atom stereocenters. The van der Waals surface area contributed by atoms with Crippen molar-refractivity contribution in [2.24, 2.45) is 0 Å².